The zero-order valence-corrected chi connectivity index (χ0v) is 39.6. The lowest BCUT2D eigenvalue weighted by atomic mass is 9.99. The second-order valence-corrected chi connectivity index (χ2v) is 17.9. The summed E-state index contributed by atoms with van der Waals surface area (Å²) in [4.78, 5) is 4.90. The van der Waals surface area contributed by atoms with Crippen LogP contribution in [0.15, 0.2) is 133 Å². The third-order valence-corrected chi connectivity index (χ3v) is 14.3. The van der Waals surface area contributed by atoms with Gasteiger partial charge in [-0.1, -0.05) is 122 Å². The van der Waals surface area contributed by atoms with E-state index in [1.165, 1.54) is 110 Å². The fourth-order valence-corrected chi connectivity index (χ4v) is 10.7. The normalized spacial score (nSPS) is 11.6. The van der Waals surface area contributed by atoms with Crippen molar-refractivity contribution in [2.45, 2.75) is 107 Å². The summed E-state index contributed by atoms with van der Waals surface area (Å²) in [5.41, 5.74) is 21.0. The molecule has 0 amide bonds. The first-order valence-electron chi connectivity index (χ1n) is 23.6. The van der Waals surface area contributed by atoms with Crippen molar-refractivity contribution in [2.24, 2.45) is 0 Å². The molecule has 63 heavy (non-hydrogen) atoms. The van der Waals surface area contributed by atoms with Gasteiger partial charge in [-0.2, -0.15) is 0 Å². The summed E-state index contributed by atoms with van der Waals surface area (Å²) in [5.74, 6) is 0. The Morgan fingerprint density at radius 1 is 0.302 bits per heavy atom. The molecule has 0 saturated heterocycles. The molecule has 1 heterocycles. The third-order valence-electron chi connectivity index (χ3n) is 13.2. The molecule has 0 saturated carbocycles. The van der Waals surface area contributed by atoms with Gasteiger partial charge in [0.15, 0.2) is 0 Å². The number of benzene rings is 7. The van der Waals surface area contributed by atoms with Crippen molar-refractivity contribution < 1.29 is 0 Å². The number of anilines is 6. The van der Waals surface area contributed by atoms with Crippen molar-refractivity contribution in [1.29, 1.82) is 0 Å². The summed E-state index contributed by atoms with van der Waals surface area (Å²) >= 11 is 1.89. The number of thiophene rings is 1. The molecule has 0 fully saturated rings. The summed E-state index contributed by atoms with van der Waals surface area (Å²) in [6.45, 7) is 18.1. The van der Waals surface area contributed by atoms with Gasteiger partial charge in [-0.05, 0) is 186 Å². The van der Waals surface area contributed by atoms with Gasteiger partial charge in [-0.3, -0.25) is 0 Å². The van der Waals surface area contributed by atoms with Gasteiger partial charge in [-0.25, -0.2) is 0 Å². The Hall–Kier alpha value is -5.90. The average Bonchev–Trinajstić information content (AvgIpc) is 3.70. The van der Waals surface area contributed by atoms with Crippen molar-refractivity contribution in [3.8, 4) is 0 Å². The first-order valence-corrected chi connectivity index (χ1v) is 24.5. The highest BCUT2D eigenvalue weighted by Gasteiger charge is 2.19. The summed E-state index contributed by atoms with van der Waals surface area (Å²) < 4.78 is 2.62. The van der Waals surface area contributed by atoms with Crippen LogP contribution in [0.1, 0.15) is 111 Å². The molecular formula is C60H64N2S. The topological polar surface area (TPSA) is 6.48 Å². The molecule has 3 heteroatoms. The summed E-state index contributed by atoms with van der Waals surface area (Å²) in [6, 6.07) is 51.2. The lowest BCUT2D eigenvalue weighted by molar-refractivity contribution is 1.03. The first-order chi connectivity index (χ1) is 30.8. The molecule has 0 aliphatic rings. The Bertz CT molecular complexity index is 2780. The second-order valence-electron chi connectivity index (χ2n) is 16.8. The molecule has 0 bridgehead atoms. The Labute approximate surface area is 381 Å². The Morgan fingerprint density at radius 3 is 1.02 bits per heavy atom. The van der Waals surface area contributed by atoms with Gasteiger partial charge in [-0.15, -0.1) is 11.3 Å². The monoisotopic (exact) mass is 844 g/mol. The minimum absolute atomic E-state index is 1.03. The van der Waals surface area contributed by atoms with Gasteiger partial charge in [0.1, 0.15) is 0 Å². The van der Waals surface area contributed by atoms with Crippen LogP contribution in [0.3, 0.4) is 0 Å². The quantitative estimate of drug-likeness (QED) is 0.0894. The van der Waals surface area contributed by atoms with Crippen LogP contribution in [0.2, 0.25) is 0 Å². The van der Waals surface area contributed by atoms with E-state index < -0.39 is 0 Å². The molecule has 2 nitrogen and oxygen atoms in total. The number of rotatable bonds is 16. The zero-order valence-electron chi connectivity index (χ0n) is 38.8. The summed E-state index contributed by atoms with van der Waals surface area (Å²) in [5, 5.41) is 2.62. The smallest absolute Gasteiger partial charge is 0.0476 e. The van der Waals surface area contributed by atoms with Gasteiger partial charge < -0.3 is 9.80 Å². The predicted molar refractivity (Wildman–Crippen MR) is 279 cm³/mol. The van der Waals surface area contributed by atoms with E-state index in [-0.39, 0.29) is 0 Å². The third kappa shape index (κ3) is 9.00. The Balaban J connectivity index is 1.11. The highest BCUT2D eigenvalue weighted by Crippen LogP contribution is 2.42. The molecule has 0 atom stereocenters. The van der Waals surface area contributed by atoms with E-state index in [1.807, 2.05) is 11.3 Å². The highest BCUT2D eigenvalue weighted by molar-refractivity contribution is 7.25. The lowest BCUT2D eigenvalue weighted by Gasteiger charge is -2.27. The van der Waals surface area contributed by atoms with Crippen molar-refractivity contribution in [3.63, 3.8) is 0 Å². The van der Waals surface area contributed by atoms with Crippen LogP contribution in [0.4, 0.5) is 34.1 Å². The van der Waals surface area contributed by atoms with Crippen LogP contribution in [0.25, 0.3) is 32.3 Å². The number of nitrogens with zero attached hydrogens (tertiary/aromatic N) is 2. The number of hydrogen-bond acceptors (Lipinski definition) is 3. The van der Waals surface area contributed by atoms with Crippen LogP contribution in [-0.4, -0.2) is 0 Å². The largest absolute Gasteiger partial charge is 0.310 e. The van der Waals surface area contributed by atoms with Gasteiger partial charge in [0, 0.05) is 54.3 Å². The zero-order chi connectivity index (χ0) is 44.0. The maximum Gasteiger partial charge on any atom is 0.0476 e. The molecule has 7 aromatic carbocycles. The van der Waals surface area contributed by atoms with Crippen molar-refractivity contribution in [2.75, 3.05) is 9.80 Å². The molecule has 0 unspecified atom stereocenters. The van der Waals surface area contributed by atoms with E-state index in [0.717, 1.165) is 51.4 Å². The van der Waals surface area contributed by atoms with Gasteiger partial charge in [0.25, 0.3) is 0 Å². The second kappa shape index (κ2) is 19.7. The van der Waals surface area contributed by atoms with Crippen molar-refractivity contribution >= 4 is 77.8 Å². The maximum atomic E-state index is 2.47. The first kappa shape index (κ1) is 43.7. The molecular weight excluding hydrogens is 781 g/mol. The number of fused-ring (bicyclic) bond motifs is 3. The number of aryl methyl sites for hydroxylation is 8. The molecule has 0 spiro atoms. The minimum Gasteiger partial charge on any atom is -0.310 e. The van der Waals surface area contributed by atoms with E-state index in [0.29, 0.717) is 0 Å². The molecule has 0 aliphatic heterocycles. The predicted octanol–water partition coefficient (Wildman–Crippen LogP) is 17.7. The maximum absolute atomic E-state index is 2.47. The minimum atomic E-state index is 1.03. The van der Waals surface area contributed by atoms with E-state index >= 15 is 0 Å². The summed E-state index contributed by atoms with van der Waals surface area (Å²) in [6.07, 6.45) is 12.8. The standard InChI is InChI=1S/C60H64N2S/c1-9-43-22-28-52(36-47(43)13-5)61(53-29-23-44(10-2)48(14-6)37-53)51-26-19-41(20-27-51)17-18-42-21-33-57-58-34-32-56(40-60(58)63-59(57)35-42)62(54-30-24-45(11-3)49(15-7)38-54)55-31-25-46(12-4)50(16-8)39-55/h17-40H,9-16H2,1-8H3/b18-17+. The fraction of sp³-hybridized carbons (Fsp3) is 0.267. The number of hydrogen-bond donors (Lipinski definition) is 0. The van der Waals surface area contributed by atoms with E-state index in [4.69, 9.17) is 0 Å². The molecule has 8 rings (SSSR count). The van der Waals surface area contributed by atoms with Crippen LogP contribution in [-0.2, 0) is 51.4 Å². The van der Waals surface area contributed by atoms with Crippen molar-refractivity contribution in [3.05, 3.63) is 189 Å². The lowest BCUT2D eigenvalue weighted by Crippen LogP contribution is -2.11. The molecule has 1 aromatic heterocycles. The van der Waals surface area contributed by atoms with Crippen molar-refractivity contribution in [1.82, 2.24) is 0 Å². The highest BCUT2D eigenvalue weighted by atomic mass is 32.1. The Morgan fingerprint density at radius 2 is 0.603 bits per heavy atom. The van der Waals surface area contributed by atoms with Crippen LogP contribution in [0.5, 0.6) is 0 Å². The SMILES string of the molecule is CCc1ccc(N(c2ccc(/C=C/c3ccc4c(c3)sc3cc(N(c5ccc(CC)c(CC)c5)c5ccc(CC)c(CC)c5)ccc34)cc2)c2ccc(CC)c(CC)c2)cc1CC. The molecule has 320 valence electrons. The van der Waals surface area contributed by atoms with E-state index in [1.54, 1.807) is 0 Å². The Kier molecular flexibility index (Phi) is 13.6. The average molecular weight is 845 g/mol. The molecule has 0 N–H and O–H groups in total. The van der Waals surface area contributed by atoms with Crippen LogP contribution >= 0.6 is 11.3 Å². The fourth-order valence-electron chi connectivity index (χ4n) is 9.55. The molecule has 0 aliphatic carbocycles. The van der Waals surface area contributed by atoms with Crippen LogP contribution < -0.4 is 9.80 Å². The van der Waals surface area contributed by atoms with E-state index in [9.17, 15) is 0 Å². The molecule has 0 radical (unpaired) electrons. The summed E-state index contributed by atoms with van der Waals surface area (Å²) in [7, 11) is 0. The van der Waals surface area contributed by atoms with Gasteiger partial charge in [0.2, 0.25) is 0 Å². The van der Waals surface area contributed by atoms with Gasteiger partial charge in [0.05, 0.1) is 0 Å². The van der Waals surface area contributed by atoms with Crippen LogP contribution in [0, 0.1) is 0 Å². The van der Waals surface area contributed by atoms with E-state index in [2.05, 4.69) is 211 Å². The molecule has 8 aromatic rings. The van der Waals surface area contributed by atoms with Gasteiger partial charge >= 0.3 is 0 Å².